The van der Waals surface area contributed by atoms with E-state index in [1.165, 1.54) is 5.56 Å². The molecule has 3 aromatic carbocycles. The van der Waals surface area contributed by atoms with Crippen LogP contribution in [0.15, 0.2) is 78.9 Å². The maximum atomic E-state index is 6.49. The summed E-state index contributed by atoms with van der Waals surface area (Å²) < 4.78 is 2.32. The van der Waals surface area contributed by atoms with Gasteiger partial charge < -0.3 is 9.88 Å². The third kappa shape index (κ3) is 2.47. The topological polar surface area (TPSA) is 29.9 Å². The molecule has 2 unspecified atom stereocenters. The van der Waals surface area contributed by atoms with E-state index in [1.54, 1.807) is 0 Å². The molecule has 2 atom stereocenters. The van der Waals surface area contributed by atoms with Gasteiger partial charge in [-0.2, -0.15) is 0 Å². The zero-order valence-electron chi connectivity index (χ0n) is 14.1. The van der Waals surface area contributed by atoms with Crippen LogP contribution in [0.3, 0.4) is 0 Å². The molecule has 1 aliphatic rings. The molecule has 0 saturated heterocycles. The summed E-state index contributed by atoms with van der Waals surface area (Å²) in [7, 11) is 0. The molecule has 26 heavy (non-hydrogen) atoms. The molecule has 0 fully saturated rings. The number of rotatable bonds is 2. The standard InChI is InChI=1S/C22H18ClN3/c23-17-11-5-4-10-16(17)19-14-21(15-8-2-1-3-9-15)26-20-13-7-6-12-18(20)24-22(26)25-19/h1-13,19,21H,14H2,(H,24,25). The van der Waals surface area contributed by atoms with E-state index >= 15 is 0 Å². The molecular formula is C22H18ClN3. The fourth-order valence-corrected chi connectivity index (χ4v) is 4.20. The number of aromatic nitrogens is 2. The molecule has 1 N–H and O–H groups in total. The van der Waals surface area contributed by atoms with Crippen LogP contribution in [0.5, 0.6) is 0 Å². The monoisotopic (exact) mass is 359 g/mol. The van der Waals surface area contributed by atoms with Crippen LogP contribution in [0.1, 0.15) is 29.6 Å². The molecular weight excluding hydrogens is 342 g/mol. The molecule has 1 aliphatic heterocycles. The third-order valence-electron chi connectivity index (χ3n) is 5.13. The Morgan fingerprint density at radius 2 is 1.62 bits per heavy atom. The van der Waals surface area contributed by atoms with Gasteiger partial charge in [0.2, 0.25) is 5.95 Å². The highest BCUT2D eigenvalue weighted by atomic mass is 35.5. The highest BCUT2D eigenvalue weighted by Crippen LogP contribution is 2.42. The number of para-hydroxylation sites is 2. The number of nitrogens with zero attached hydrogens (tertiary/aromatic N) is 2. The van der Waals surface area contributed by atoms with Crippen molar-refractivity contribution in [1.29, 1.82) is 0 Å². The number of fused-ring (bicyclic) bond motifs is 3. The van der Waals surface area contributed by atoms with Gasteiger partial charge in [0.25, 0.3) is 0 Å². The van der Waals surface area contributed by atoms with E-state index in [-0.39, 0.29) is 12.1 Å². The molecule has 3 nitrogen and oxygen atoms in total. The second-order valence-corrected chi connectivity index (χ2v) is 7.08. The van der Waals surface area contributed by atoms with E-state index in [4.69, 9.17) is 16.6 Å². The van der Waals surface area contributed by atoms with Crippen LogP contribution in [0.2, 0.25) is 5.02 Å². The first-order valence-corrected chi connectivity index (χ1v) is 9.22. The number of hydrogen-bond acceptors (Lipinski definition) is 2. The molecule has 0 saturated carbocycles. The molecule has 1 aromatic heterocycles. The Kier molecular flexibility index (Phi) is 3.68. The first-order valence-electron chi connectivity index (χ1n) is 8.84. The van der Waals surface area contributed by atoms with Crippen molar-refractivity contribution < 1.29 is 0 Å². The molecule has 0 aliphatic carbocycles. The summed E-state index contributed by atoms with van der Waals surface area (Å²) in [6.45, 7) is 0. The maximum Gasteiger partial charge on any atom is 0.204 e. The van der Waals surface area contributed by atoms with E-state index in [0.717, 1.165) is 34.0 Å². The summed E-state index contributed by atoms with van der Waals surface area (Å²) in [5.74, 6) is 0.899. The summed E-state index contributed by atoms with van der Waals surface area (Å²) in [5.41, 5.74) is 4.57. The molecule has 128 valence electrons. The van der Waals surface area contributed by atoms with E-state index in [0.29, 0.717) is 0 Å². The molecule has 2 heterocycles. The van der Waals surface area contributed by atoms with Crippen molar-refractivity contribution in [3.05, 3.63) is 95.0 Å². The second kappa shape index (κ2) is 6.19. The van der Waals surface area contributed by atoms with E-state index < -0.39 is 0 Å². The number of imidazole rings is 1. The zero-order valence-corrected chi connectivity index (χ0v) is 14.9. The van der Waals surface area contributed by atoms with Crippen molar-refractivity contribution >= 4 is 28.6 Å². The Labute approximate surface area is 157 Å². The van der Waals surface area contributed by atoms with Crippen molar-refractivity contribution in [3.63, 3.8) is 0 Å². The predicted molar refractivity (Wildman–Crippen MR) is 107 cm³/mol. The number of anilines is 1. The lowest BCUT2D eigenvalue weighted by Gasteiger charge is -2.34. The average Bonchev–Trinajstić information content (AvgIpc) is 3.07. The van der Waals surface area contributed by atoms with Crippen LogP contribution in [-0.4, -0.2) is 9.55 Å². The fourth-order valence-electron chi connectivity index (χ4n) is 3.93. The van der Waals surface area contributed by atoms with Gasteiger partial charge in [-0.15, -0.1) is 0 Å². The molecule has 0 radical (unpaired) electrons. The minimum Gasteiger partial charge on any atom is -0.349 e. The van der Waals surface area contributed by atoms with Crippen LogP contribution in [0.25, 0.3) is 11.0 Å². The minimum atomic E-state index is 0.123. The highest BCUT2D eigenvalue weighted by molar-refractivity contribution is 6.31. The Hall–Kier alpha value is -2.78. The Morgan fingerprint density at radius 3 is 2.46 bits per heavy atom. The quantitative estimate of drug-likeness (QED) is 0.487. The van der Waals surface area contributed by atoms with E-state index in [1.807, 2.05) is 24.3 Å². The molecule has 0 spiro atoms. The fraction of sp³-hybridized carbons (Fsp3) is 0.136. The van der Waals surface area contributed by atoms with Crippen molar-refractivity contribution in [2.45, 2.75) is 18.5 Å². The summed E-state index contributed by atoms with van der Waals surface area (Å²) in [4.78, 5) is 4.84. The van der Waals surface area contributed by atoms with E-state index in [9.17, 15) is 0 Å². The van der Waals surface area contributed by atoms with Crippen molar-refractivity contribution in [2.24, 2.45) is 0 Å². The number of benzene rings is 3. The third-order valence-corrected chi connectivity index (χ3v) is 5.48. The molecule has 0 bridgehead atoms. The van der Waals surface area contributed by atoms with Crippen molar-refractivity contribution in [3.8, 4) is 0 Å². The molecule has 5 rings (SSSR count). The van der Waals surface area contributed by atoms with Gasteiger partial charge in [0, 0.05) is 5.02 Å². The average molecular weight is 360 g/mol. The SMILES string of the molecule is Clc1ccccc1C1CC(c2ccccc2)n2c(nc3ccccc32)N1. The van der Waals surface area contributed by atoms with Crippen LogP contribution >= 0.6 is 11.6 Å². The summed E-state index contributed by atoms with van der Waals surface area (Å²) >= 11 is 6.49. The van der Waals surface area contributed by atoms with Gasteiger partial charge in [-0.1, -0.05) is 72.3 Å². The lowest BCUT2D eigenvalue weighted by molar-refractivity contribution is 0.477. The van der Waals surface area contributed by atoms with Gasteiger partial charge in [0.15, 0.2) is 0 Å². The molecule has 4 heteroatoms. The molecule has 0 amide bonds. The van der Waals surface area contributed by atoms with Crippen LogP contribution in [0, 0.1) is 0 Å². The van der Waals surface area contributed by atoms with Gasteiger partial charge in [0.05, 0.1) is 23.1 Å². The second-order valence-electron chi connectivity index (χ2n) is 6.67. The maximum absolute atomic E-state index is 6.49. The van der Waals surface area contributed by atoms with Gasteiger partial charge in [-0.25, -0.2) is 4.98 Å². The Morgan fingerprint density at radius 1 is 0.885 bits per heavy atom. The smallest absolute Gasteiger partial charge is 0.204 e. The van der Waals surface area contributed by atoms with Gasteiger partial charge >= 0.3 is 0 Å². The first kappa shape index (κ1) is 15.5. The largest absolute Gasteiger partial charge is 0.349 e. The summed E-state index contributed by atoms with van der Waals surface area (Å²) in [6, 6.07) is 27.3. The number of halogens is 1. The number of hydrogen-bond donors (Lipinski definition) is 1. The summed E-state index contributed by atoms with van der Waals surface area (Å²) in [5, 5.41) is 4.40. The van der Waals surface area contributed by atoms with Gasteiger partial charge in [0.1, 0.15) is 0 Å². The normalized spacial score (nSPS) is 19.1. The van der Waals surface area contributed by atoms with Crippen LogP contribution < -0.4 is 5.32 Å². The van der Waals surface area contributed by atoms with Gasteiger partial charge in [-0.05, 0) is 35.7 Å². The zero-order chi connectivity index (χ0) is 17.5. The predicted octanol–water partition coefficient (Wildman–Crippen LogP) is 5.84. The van der Waals surface area contributed by atoms with E-state index in [2.05, 4.69) is 64.5 Å². The van der Waals surface area contributed by atoms with Crippen LogP contribution in [-0.2, 0) is 0 Å². The lowest BCUT2D eigenvalue weighted by Crippen LogP contribution is -2.27. The Balaban J connectivity index is 1.69. The first-order chi connectivity index (χ1) is 12.8. The lowest BCUT2D eigenvalue weighted by atomic mass is 9.93. The van der Waals surface area contributed by atoms with Crippen LogP contribution in [0.4, 0.5) is 5.95 Å². The van der Waals surface area contributed by atoms with Crippen molar-refractivity contribution in [1.82, 2.24) is 9.55 Å². The van der Waals surface area contributed by atoms with Gasteiger partial charge in [-0.3, -0.25) is 0 Å². The Bertz CT molecular complexity index is 1070. The molecule has 4 aromatic rings. The minimum absolute atomic E-state index is 0.123. The number of nitrogens with one attached hydrogen (secondary N) is 1. The summed E-state index contributed by atoms with van der Waals surface area (Å²) in [6.07, 6.45) is 0.918. The van der Waals surface area contributed by atoms with Crippen molar-refractivity contribution in [2.75, 3.05) is 5.32 Å². The highest BCUT2D eigenvalue weighted by Gasteiger charge is 2.31.